The first-order valence-electron chi connectivity index (χ1n) is 5.09. The fourth-order valence-corrected chi connectivity index (χ4v) is 1.34. The van der Waals surface area contributed by atoms with Crippen LogP contribution in [-0.4, -0.2) is 11.2 Å². The molecule has 0 aliphatic heterocycles. The van der Waals surface area contributed by atoms with Crippen molar-refractivity contribution in [3.63, 3.8) is 0 Å². The molecule has 0 bridgehead atoms. The Morgan fingerprint density at radius 1 is 1.36 bits per heavy atom. The van der Waals surface area contributed by atoms with Crippen LogP contribution >= 0.6 is 0 Å². The molecule has 0 spiro atoms. The zero-order valence-electron chi connectivity index (χ0n) is 8.90. The van der Waals surface area contributed by atoms with E-state index < -0.39 is 0 Å². The molecule has 14 heavy (non-hydrogen) atoms. The summed E-state index contributed by atoms with van der Waals surface area (Å²) in [6, 6.07) is 10.3. The van der Waals surface area contributed by atoms with E-state index >= 15 is 0 Å². The van der Waals surface area contributed by atoms with Crippen LogP contribution in [0.2, 0.25) is 0 Å². The van der Waals surface area contributed by atoms with E-state index in [9.17, 15) is 0 Å². The zero-order chi connectivity index (χ0) is 10.4. The van der Waals surface area contributed by atoms with Crippen molar-refractivity contribution in [2.45, 2.75) is 32.8 Å². The van der Waals surface area contributed by atoms with Crippen molar-refractivity contribution in [2.24, 2.45) is 0 Å². The SMILES string of the molecule is C/C(=C\c1ccccc1)CC[C@H](C)O. The maximum atomic E-state index is 9.14. The summed E-state index contributed by atoms with van der Waals surface area (Å²) < 4.78 is 0. The molecule has 0 fully saturated rings. The molecule has 1 aromatic carbocycles. The van der Waals surface area contributed by atoms with Crippen LogP contribution in [-0.2, 0) is 0 Å². The number of rotatable bonds is 4. The lowest BCUT2D eigenvalue weighted by atomic mass is 10.1. The molecule has 0 aliphatic rings. The number of benzene rings is 1. The Labute approximate surface area is 86.1 Å². The van der Waals surface area contributed by atoms with Crippen molar-refractivity contribution in [1.29, 1.82) is 0 Å². The molecule has 1 rings (SSSR count). The monoisotopic (exact) mass is 190 g/mol. The van der Waals surface area contributed by atoms with Gasteiger partial charge in [0.05, 0.1) is 6.10 Å². The Hall–Kier alpha value is -1.08. The molecule has 0 saturated heterocycles. The van der Waals surface area contributed by atoms with E-state index in [-0.39, 0.29) is 6.10 Å². The number of aliphatic hydroxyl groups excluding tert-OH is 1. The van der Waals surface area contributed by atoms with E-state index in [1.54, 1.807) is 0 Å². The molecule has 0 aliphatic carbocycles. The van der Waals surface area contributed by atoms with Crippen molar-refractivity contribution < 1.29 is 5.11 Å². The third-order valence-electron chi connectivity index (χ3n) is 2.17. The van der Waals surface area contributed by atoms with Crippen LogP contribution in [0.15, 0.2) is 35.9 Å². The van der Waals surface area contributed by atoms with Gasteiger partial charge in [-0.2, -0.15) is 0 Å². The Kier molecular flexibility index (Phi) is 4.41. The van der Waals surface area contributed by atoms with Crippen LogP contribution in [0.5, 0.6) is 0 Å². The summed E-state index contributed by atoms with van der Waals surface area (Å²) in [5.74, 6) is 0. The first kappa shape index (κ1) is 11.0. The van der Waals surface area contributed by atoms with Gasteiger partial charge in [0.2, 0.25) is 0 Å². The van der Waals surface area contributed by atoms with E-state index in [0.717, 1.165) is 12.8 Å². The third kappa shape index (κ3) is 4.24. The zero-order valence-corrected chi connectivity index (χ0v) is 8.90. The van der Waals surface area contributed by atoms with Gasteiger partial charge in [-0.05, 0) is 32.3 Å². The topological polar surface area (TPSA) is 20.2 Å². The van der Waals surface area contributed by atoms with E-state index in [1.807, 2.05) is 25.1 Å². The Bertz CT molecular complexity index is 285. The molecule has 0 amide bonds. The van der Waals surface area contributed by atoms with Crippen LogP contribution in [0.3, 0.4) is 0 Å². The Morgan fingerprint density at radius 2 is 2.00 bits per heavy atom. The largest absolute Gasteiger partial charge is 0.393 e. The Morgan fingerprint density at radius 3 is 2.57 bits per heavy atom. The highest BCUT2D eigenvalue weighted by molar-refractivity contribution is 5.51. The van der Waals surface area contributed by atoms with E-state index in [1.165, 1.54) is 11.1 Å². The van der Waals surface area contributed by atoms with Gasteiger partial charge in [0, 0.05) is 0 Å². The molecule has 1 nitrogen and oxygen atoms in total. The van der Waals surface area contributed by atoms with Crippen molar-refractivity contribution >= 4 is 6.08 Å². The number of hydrogen-bond donors (Lipinski definition) is 1. The van der Waals surface area contributed by atoms with E-state index in [2.05, 4.69) is 25.1 Å². The van der Waals surface area contributed by atoms with Gasteiger partial charge in [0.1, 0.15) is 0 Å². The van der Waals surface area contributed by atoms with E-state index in [4.69, 9.17) is 5.11 Å². The molecule has 1 aromatic rings. The molecule has 0 unspecified atom stereocenters. The number of hydrogen-bond acceptors (Lipinski definition) is 1. The van der Waals surface area contributed by atoms with Crippen LogP contribution in [0, 0.1) is 0 Å². The molecule has 0 aromatic heterocycles. The van der Waals surface area contributed by atoms with Gasteiger partial charge < -0.3 is 5.11 Å². The average molecular weight is 190 g/mol. The first-order valence-corrected chi connectivity index (χ1v) is 5.09. The van der Waals surface area contributed by atoms with Crippen LogP contribution < -0.4 is 0 Å². The summed E-state index contributed by atoms with van der Waals surface area (Å²) in [7, 11) is 0. The fourth-order valence-electron chi connectivity index (χ4n) is 1.34. The second-order valence-corrected chi connectivity index (χ2v) is 3.79. The lowest BCUT2D eigenvalue weighted by molar-refractivity contribution is 0.185. The van der Waals surface area contributed by atoms with Crippen molar-refractivity contribution in [2.75, 3.05) is 0 Å². The van der Waals surface area contributed by atoms with Gasteiger partial charge in [0.15, 0.2) is 0 Å². The van der Waals surface area contributed by atoms with Gasteiger partial charge in [-0.25, -0.2) is 0 Å². The highest BCUT2D eigenvalue weighted by Crippen LogP contribution is 2.11. The van der Waals surface area contributed by atoms with Gasteiger partial charge in [-0.15, -0.1) is 0 Å². The Balaban J connectivity index is 2.52. The molecular formula is C13H18O. The molecule has 1 atom stereocenters. The summed E-state index contributed by atoms with van der Waals surface area (Å²) in [5.41, 5.74) is 2.55. The minimum absolute atomic E-state index is 0.200. The van der Waals surface area contributed by atoms with E-state index in [0.29, 0.717) is 0 Å². The second-order valence-electron chi connectivity index (χ2n) is 3.79. The van der Waals surface area contributed by atoms with Crippen molar-refractivity contribution in [3.05, 3.63) is 41.5 Å². The van der Waals surface area contributed by atoms with Crippen LogP contribution in [0.4, 0.5) is 0 Å². The summed E-state index contributed by atoms with van der Waals surface area (Å²) in [6.45, 7) is 3.94. The third-order valence-corrected chi connectivity index (χ3v) is 2.17. The molecule has 1 heteroatoms. The standard InChI is InChI=1S/C13H18O/c1-11(8-9-12(2)14)10-13-6-4-3-5-7-13/h3-7,10,12,14H,8-9H2,1-2H3/b11-10+/t12-/m0/s1. The molecule has 0 saturated carbocycles. The van der Waals surface area contributed by atoms with Gasteiger partial charge in [-0.1, -0.05) is 42.0 Å². The first-order chi connectivity index (χ1) is 6.68. The number of allylic oxidation sites excluding steroid dienone is 1. The van der Waals surface area contributed by atoms with Gasteiger partial charge >= 0.3 is 0 Å². The lowest BCUT2D eigenvalue weighted by Crippen LogP contribution is -1.98. The molecular weight excluding hydrogens is 172 g/mol. The predicted molar refractivity (Wildman–Crippen MR) is 61.0 cm³/mol. The molecule has 76 valence electrons. The molecule has 0 radical (unpaired) electrons. The summed E-state index contributed by atoms with van der Waals surface area (Å²) in [5, 5.41) is 9.14. The lowest BCUT2D eigenvalue weighted by Gasteiger charge is -2.04. The summed E-state index contributed by atoms with van der Waals surface area (Å²) >= 11 is 0. The highest BCUT2D eigenvalue weighted by Gasteiger charge is 1.96. The second kappa shape index (κ2) is 5.61. The van der Waals surface area contributed by atoms with Crippen LogP contribution in [0.25, 0.3) is 6.08 Å². The fraction of sp³-hybridized carbons (Fsp3) is 0.385. The molecule has 0 heterocycles. The predicted octanol–water partition coefficient (Wildman–Crippen LogP) is 3.25. The van der Waals surface area contributed by atoms with Gasteiger partial charge in [-0.3, -0.25) is 0 Å². The minimum atomic E-state index is -0.200. The minimum Gasteiger partial charge on any atom is -0.393 e. The summed E-state index contributed by atoms with van der Waals surface area (Å²) in [4.78, 5) is 0. The maximum absolute atomic E-state index is 9.14. The smallest absolute Gasteiger partial charge is 0.0515 e. The van der Waals surface area contributed by atoms with Gasteiger partial charge in [0.25, 0.3) is 0 Å². The maximum Gasteiger partial charge on any atom is 0.0515 e. The van der Waals surface area contributed by atoms with Crippen LogP contribution in [0.1, 0.15) is 32.3 Å². The normalized spacial score (nSPS) is 14.1. The average Bonchev–Trinajstić information content (AvgIpc) is 2.16. The quantitative estimate of drug-likeness (QED) is 0.772. The van der Waals surface area contributed by atoms with Crippen molar-refractivity contribution in [1.82, 2.24) is 0 Å². The number of aliphatic hydroxyl groups is 1. The highest BCUT2D eigenvalue weighted by atomic mass is 16.3. The molecule has 1 N–H and O–H groups in total. The van der Waals surface area contributed by atoms with Crippen molar-refractivity contribution in [3.8, 4) is 0 Å². The summed E-state index contributed by atoms with van der Waals surface area (Å²) in [6.07, 6.45) is 3.78.